The first-order chi connectivity index (χ1) is 10.2. The first-order valence-electron chi connectivity index (χ1n) is 8.35. The van der Waals surface area contributed by atoms with Gasteiger partial charge in [-0.25, -0.2) is 9.97 Å². The summed E-state index contributed by atoms with van der Waals surface area (Å²) in [4.78, 5) is 9.54. The Hall–Kier alpha value is -1.00. The summed E-state index contributed by atoms with van der Waals surface area (Å²) in [6, 6.07) is 0.419. The Labute approximate surface area is 128 Å². The molecule has 2 rings (SSSR count). The molecule has 1 heterocycles. The first-order valence-corrected chi connectivity index (χ1v) is 8.35. The van der Waals surface area contributed by atoms with Crippen LogP contribution < -0.4 is 5.32 Å². The van der Waals surface area contributed by atoms with E-state index in [1.54, 1.807) is 7.11 Å². The zero-order chi connectivity index (χ0) is 15.3. The Balaban J connectivity index is 2.30. The van der Waals surface area contributed by atoms with Crippen LogP contribution in [0.25, 0.3) is 0 Å². The van der Waals surface area contributed by atoms with E-state index in [0.29, 0.717) is 6.04 Å². The molecule has 21 heavy (non-hydrogen) atoms. The molecule has 0 fully saturated rings. The molecule has 0 aromatic carbocycles. The molecule has 0 saturated heterocycles. The minimum atomic E-state index is -0.335. The Morgan fingerprint density at radius 3 is 2.71 bits per heavy atom. The lowest BCUT2D eigenvalue weighted by atomic mass is 9.90. The maximum absolute atomic E-state index is 5.76. The van der Waals surface area contributed by atoms with E-state index in [1.807, 2.05) is 6.20 Å². The number of aryl methyl sites for hydroxylation is 1. The van der Waals surface area contributed by atoms with Gasteiger partial charge >= 0.3 is 0 Å². The number of nitrogens with zero attached hydrogens (tertiary/aromatic N) is 2. The van der Waals surface area contributed by atoms with Crippen molar-refractivity contribution in [2.45, 2.75) is 70.9 Å². The SMILES string of the molecule is CCCNC1CCCc2nc(C(CC)(CC)OC)ncc21. The highest BCUT2D eigenvalue weighted by atomic mass is 16.5. The van der Waals surface area contributed by atoms with Gasteiger partial charge < -0.3 is 10.1 Å². The summed E-state index contributed by atoms with van der Waals surface area (Å²) in [7, 11) is 1.77. The van der Waals surface area contributed by atoms with Gasteiger partial charge in [0.05, 0.1) is 0 Å². The first kappa shape index (κ1) is 16.4. The number of hydrogen-bond donors (Lipinski definition) is 1. The molecule has 1 aromatic rings. The van der Waals surface area contributed by atoms with Crippen molar-refractivity contribution in [3.8, 4) is 0 Å². The fourth-order valence-electron chi connectivity index (χ4n) is 3.24. The van der Waals surface area contributed by atoms with E-state index in [0.717, 1.165) is 38.1 Å². The Morgan fingerprint density at radius 2 is 2.10 bits per heavy atom. The Kier molecular flexibility index (Phi) is 5.71. The van der Waals surface area contributed by atoms with Crippen molar-refractivity contribution in [3.63, 3.8) is 0 Å². The molecule has 1 aromatic heterocycles. The predicted octanol–water partition coefficient (Wildman–Crippen LogP) is 3.52. The van der Waals surface area contributed by atoms with E-state index in [9.17, 15) is 0 Å². The highest BCUT2D eigenvalue weighted by Gasteiger charge is 2.33. The van der Waals surface area contributed by atoms with Crippen LogP contribution in [0.1, 0.15) is 76.0 Å². The molecule has 4 heteroatoms. The highest BCUT2D eigenvalue weighted by molar-refractivity contribution is 5.25. The molecule has 0 bridgehead atoms. The van der Waals surface area contributed by atoms with Crippen molar-refractivity contribution >= 4 is 0 Å². The zero-order valence-corrected chi connectivity index (χ0v) is 13.9. The third kappa shape index (κ3) is 3.27. The minimum Gasteiger partial charge on any atom is -0.370 e. The number of fused-ring (bicyclic) bond motifs is 1. The van der Waals surface area contributed by atoms with Crippen LogP contribution in [-0.4, -0.2) is 23.6 Å². The number of methoxy groups -OCH3 is 1. The van der Waals surface area contributed by atoms with E-state index in [4.69, 9.17) is 9.72 Å². The van der Waals surface area contributed by atoms with Crippen LogP contribution in [0.3, 0.4) is 0 Å². The molecule has 1 unspecified atom stereocenters. The standard InChI is InChI=1S/C17H29N3O/c1-5-11-18-14-9-8-10-15-13(14)12-19-16(20-15)17(6-2,7-3)21-4/h12,14,18H,5-11H2,1-4H3. The third-order valence-electron chi connectivity index (χ3n) is 4.76. The van der Waals surface area contributed by atoms with Gasteiger partial charge in [0.25, 0.3) is 0 Å². The van der Waals surface area contributed by atoms with E-state index < -0.39 is 0 Å². The Morgan fingerprint density at radius 1 is 1.33 bits per heavy atom. The van der Waals surface area contributed by atoms with Gasteiger partial charge in [0.2, 0.25) is 0 Å². The fourth-order valence-corrected chi connectivity index (χ4v) is 3.24. The number of ether oxygens (including phenoxy) is 1. The molecule has 118 valence electrons. The monoisotopic (exact) mass is 291 g/mol. The molecule has 0 saturated carbocycles. The normalized spacial score (nSPS) is 18.6. The molecular weight excluding hydrogens is 262 g/mol. The van der Waals surface area contributed by atoms with Crippen LogP contribution in [0.15, 0.2) is 6.20 Å². The lowest BCUT2D eigenvalue weighted by Gasteiger charge is -2.31. The summed E-state index contributed by atoms with van der Waals surface area (Å²) < 4.78 is 5.76. The van der Waals surface area contributed by atoms with Gasteiger partial charge in [0.15, 0.2) is 5.82 Å². The smallest absolute Gasteiger partial charge is 0.160 e. The molecule has 1 atom stereocenters. The second-order valence-corrected chi connectivity index (χ2v) is 5.90. The number of rotatable bonds is 7. The molecule has 0 amide bonds. The van der Waals surface area contributed by atoms with Crippen molar-refractivity contribution in [1.29, 1.82) is 0 Å². The average molecular weight is 291 g/mol. The summed E-state index contributed by atoms with van der Waals surface area (Å²) in [5.74, 6) is 0.852. The summed E-state index contributed by atoms with van der Waals surface area (Å²) in [6.07, 6.45) is 8.43. The second kappa shape index (κ2) is 7.32. The molecule has 0 radical (unpaired) electrons. The highest BCUT2D eigenvalue weighted by Crippen LogP contribution is 2.33. The molecule has 1 aliphatic rings. The van der Waals surface area contributed by atoms with Crippen molar-refractivity contribution in [1.82, 2.24) is 15.3 Å². The van der Waals surface area contributed by atoms with Crippen LogP contribution in [0, 0.1) is 0 Å². The van der Waals surface area contributed by atoms with Crippen LogP contribution in [0.5, 0.6) is 0 Å². The van der Waals surface area contributed by atoms with Gasteiger partial charge in [-0.05, 0) is 45.1 Å². The van der Waals surface area contributed by atoms with Crippen LogP contribution in [0.4, 0.5) is 0 Å². The van der Waals surface area contributed by atoms with Gasteiger partial charge in [-0.2, -0.15) is 0 Å². The maximum Gasteiger partial charge on any atom is 0.160 e. The van der Waals surface area contributed by atoms with Crippen molar-refractivity contribution < 1.29 is 4.74 Å². The molecular formula is C17H29N3O. The third-order valence-corrected chi connectivity index (χ3v) is 4.76. The summed E-state index contributed by atoms with van der Waals surface area (Å²) in [5, 5.41) is 3.62. The maximum atomic E-state index is 5.76. The molecule has 1 aliphatic carbocycles. The van der Waals surface area contributed by atoms with Gasteiger partial charge in [0.1, 0.15) is 5.60 Å². The van der Waals surface area contributed by atoms with Crippen LogP contribution in [-0.2, 0) is 16.8 Å². The van der Waals surface area contributed by atoms with E-state index in [-0.39, 0.29) is 5.60 Å². The van der Waals surface area contributed by atoms with Gasteiger partial charge in [0, 0.05) is 30.6 Å². The second-order valence-electron chi connectivity index (χ2n) is 5.90. The van der Waals surface area contributed by atoms with E-state index in [1.165, 1.54) is 24.1 Å². The largest absolute Gasteiger partial charge is 0.370 e. The summed E-state index contributed by atoms with van der Waals surface area (Å²) >= 11 is 0. The van der Waals surface area contributed by atoms with Gasteiger partial charge in [-0.15, -0.1) is 0 Å². The van der Waals surface area contributed by atoms with Crippen molar-refractivity contribution in [2.75, 3.05) is 13.7 Å². The van der Waals surface area contributed by atoms with Gasteiger partial charge in [-0.1, -0.05) is 20.8 Å². The average Bonchev–Trinajstić information content (AvgIpc) is 2.55. The topological polar surface area (TPSA) is 47.0 Å². The number of aromatic nitrogens is 2. The number of hydrogen-bond acceptors (Lipinski definition) is 4. The van der Waals surface area contributed by atoms with Crippen LogP contribution in [0.2, 0.25) is 0 Å². The number of nitrogens with one attached hydrogen (secondary N) is 1. The van der Waals surface area contributed by atoms with Crippen molar-refractivity contribution in [2.24, 2.45) is 0 Å². The summed E-state index contributed by atoms with van der Waals surface area (Å²) in [6.45, 7) is 7.53. The predicted molar refractivity (Wildman–Crippen MR) is 85.3 cm³/mol. The minimum absolute atomic E-state index is 0.335. The van der Waals surface area contributed by atoms with Crippen molar-refractivity contribution in [3.05, 3.63) is 23.3 Å². The molecule has 0 aliphatic heterocycles. The quantitative estimate of drug-likeness (QED) is 0.835. The fraction of sp³-hybridized carbons (Fsp3) is 0.765. The molecule has 4 nitrogen and oxygen atoms in total. The van der Waals surface area contributed by atoms with Gasteiger partial charge in [-0.3, -0.25) is 0 Å². The lowest BCUT2D eigenvalue weighted by molar-refractivity contribution is -0.0294. The van der Waals surface area contributed by atoms with E-state index >= 15 is 0 Å². The van der Waals surface area contributed by atoms with E-state index in [2.05, 4.69) is 31.1 Å². The Bertz CT molecular complexity index is 449. The zero-order valence-electron chi connectivity index (χ0n) is 13.9. The lowest BCUT2D eigenvalue weighted by Crippen LogP contribution is -2.32. The molecule has 0 spiro atoms. The van der Waals surface area contributed by atoms with Crippen LogP contribution >= 0.6 is 0 Å². The summed E-state index contributed by atoms with van der Waals surface area (Å²) in [5.41, 5.74) is 2.16. The molecule has 1 N–H and O–H groups in total.